The summed E-state index contributed by atoms with van der Waals surface area (Å²) in [5, 5.41) is 12.3. The van der Waals surface area contributed by atoms with Crippen molar-refractivity contribution in [3.05, 3.63) is 34.9 Å². The molecule has 9 heteroatoms. The van der Waals surface area contributed by atoms with Crippen molar-refractivity contribution in [2.24, 2.45) is 20.0 Å². The van der Waals surface area contributed by atoms with E-state index >= 15 is 0 Å². The maximum Gasteiger partial charge on any atom is 0.228 e. The van der Waals surface area contributed by atoms with Gasteiger partial charge in [0.25, 0.3) is 0 Å². The molecule has 0 saturated carbocycles. The molecule has 1 unspecified atom stereocenters. The molecule has 4 rings (SSSR count). The Morgan fingerprint density at radius 1 is 1.21 bits per heavy atom. The summed E-state index contributed by atoms with van der Waals surface area (Å²) in [4.78, 5) is 15.6. The molecule has 2 aliphatic rings. The van der Waals surface area contributed by atoms with E-state index in [1.165, 1.54) is 11.3 Å². The molecule has 2 fully saturated rings. The van der Waals surface area contributed by atoms with Crippen LogP contribution in [-0.2, 0) is 18.9 Å². The number of rotatable bonds is 3. The first-order chi connectivity index (χ1) is 12.5. The Balaban J connectivity index is 0.00000140. The molecule has 28 heavy (non-hydrogen) atoms. The fraction of sp³-hybridized carbons (Fsp3) is 0.632. The number of aryl methyl sites for hydroxylation is 3. The van der Waals surface area contributed by atoms with Crippen LogP contribution in [0.4, 0.5) is 0 Å². The average molecular weight is 429 g/mol. The van der Waals surface area contributed by atoms with Crippen LogP contribution in [0.2, 0.25) is 0 Å². The van der Waals surface area contributed by atoms with Crippen LogP contribution in [0, 0.1) is 19.8 Å². The Hall–Kier alpha value is -1.57. The normalized spacial score (nSPS) is 24.1. The van der Waals surface area contributed by atoms with E-state index in [0.29, 0.717) is 0 Å². The third-order valence-corrected chi connectivity index (χ3v) is 6.12. The van der Waals surface area contributed by atoms with Gasteiger partial charge >= 0.3 is 0 Å². The number of amides is 1. The summed E-state index contributed by atoms with van der Waals surface area (Å²) in [5.41, 5.74) is 4.60. The van der Waals surface area contributed by atoms with Crippen LogP contribution in [-0.4, -0.2) is 50.0 Å². The topological polar surface area (TPSA) is 68.0 Å². The van der Waals surface area contributed by atoms with Gasteiger partial charge in [-0.15, -0.1) is 24.8 Å². The van der Waals surface area contributed by atoms with E-state index in [2.05, 4.69) is 34.3 Å². The highest BCUT2D eigenvalue weighted by molar-refractivity contribution is 5.85. The van der Waals surface area contributed by atoms with Gasteiger partial charge in [-0.25, -0.2) is 0 Å². The first-order valence-electron chi connectivity index (χ1n) is 9.47. The molecule has 7 nitrogen and oxygen atoms in total. The van der Waals surface area contributed by atoms with Crippen LogP contribution in [0.1, 0.15) is 47.3 Å². The molecule has 0 radical (unpaired) electrons. The van der Waals surface area contributed by atoms with Crippen molar-refractivity contribution in [3.63, 3.8) is 0 Å². The lowest BCUT2D eigenvalue weighted by Gasteiger charge is -2.29. The molecule has 2 aromatic heterocycles. The Morgan fingerprint density at radius 2 is 1.96 bits per heavy atom. The van der Waals surface area contributed by atoms with Crippen molar-refractivity contribution < 1.29 is 4.79 Å². The summed E-state index contributed by atoms with van der Waals surface area (Å²) in [7, 11) is 3.90. The minimum Gasteiger partial charge on any atom is -0.335 e. The van der Waals surface area contributed by atoms with Gasteiger partial charge in [-0.05, 0) is 32.3 Å². The fourth-order valence-electron chi connectivity index (χ4n) is 4.74. The van der Waals surface area contributed by atoms with Crippen LogP contribution in [0.5, 0.6) is 0 Å². The number of nitrogens with zero attached hydrogens (tertiary/aromatic N) is 5. The van der Waals surface area contributed by atoms with Gasteiger partial charge < -0.3 is 10.2 Å². The highest BCUT2D eigenvalue weighted by atomic mass is 35.5. The minimum absolute atomic E-state index is 0. The van der Waals surface area contributed by atoms with Crippen molar-refractivity contribution in [2.75, 3.05) is 19.6 Å². The fourth-order valence-corrected chi connectivity index (χ4v) is 4.74. The van der Waals surface area contributed by atoms with Gasteiger partial charge in [-0.1, -0.05) is 0 Å². The number of likely N-dealkylation sites (tertiary alicyclic amines) is 1. The molecule has 0 spiro atoms. The molecule has 1 amide bonds. The number of hydrogen-bond donors (Lipinski definition) is 1. The predicted octanol–water partition coefficient (Wildman–Crippen LogP) is 2.28. The van der Waals surface area contributed by atoms with E-state index < -0.39 is 0 Å². The summed E-state index contributed by atoms with van der Waals surface area (Å²) in [5.74, 6) is 0.458. The summed E-state index contributed by atoms with van der Waals surface area (Å²) in [6.45, 7) is 6.58. The van der Waals surface area contributed by atoms with Gasteiger partial charge in [0.2, 0.25) is 5.91 Å². The summed E-state index contributed by atoms with van der Waals surface area (Å²) < 4.78 is 3.75. The monoisotopic (exact) mass is 428 g/mol. The van der Waals surface area contributed by atoms with Gasteiger partial charge in [-0.2, -0.15) is 10.2 Å². The molecule has 0 aliphatic carbocycles. The molecule has 0 aromatic carbocycles. The SMILES string of the molecule is Cc1nn(C)c(C)c1C1CCCN1C(=O)[C@H]1CNC[C@@H]1c1cnn(C)c1.Cl.Cl. The summed E-state index contributed by atoms with van der Waals surface area (Å²) >= 11 is 0. The predicted molar refractivity (Wildman–Crippen MR) is 113 cm³/mol. The van der Waals surface area contributed by atoms with Gasteiger partial charge in [0.05, 0.1) is 23.9 Å². The first kappa shape index (κ1) is 22.7. The molecular weight excluding hydrogens is 399 g/mol. The zero-order valence-corrected chi connectivity index (χ0v) is 18.5. The standard InChI is InChI=1S/C19H28N6O.2ClH/c1-12-18(13(2)24(4)22-12)17-6-5-7-25(17)19(26)16-10-20-9-15(16)14-8-21-23(3)11-14;;/h8,11,15-17,20H,5-7,9-10H2,1-4H3;2*1H/t15-,16+,17?;;/m1../s1. The third kappa shape index (κ3) is 3.80. The second-order valence-corrected chi connectivity index (χ2v) is 7.72. The minimum atomic E-state index is -0.0166. The molecule has 2 aromatic rings. The number of aromatic nitrogens is 4. The highest BCUT2D eigenvalue weighted by Crippen LogP contribution is 2.38. The Bertz CT molecular complexity index is 833. The van der Waals surface area contributed by atoms with Crippen molar-refractivity contribution in [3.8, 4) is 0 Å². The van der Waals surface area contributed by atoms with Gasteiger partial charge in [0.15, 0.2) is 0 Å². The highest BCUT2D eigenvalue weighted by Gasteiger charge is 2.41. The summed E-state index contributed by atoms with van der Waals surface area (Å²) in [6, 6.07) is 0.159. The maximum absolute atomic E-state index is 13.5. The zero-order chi connectivity index (χ0) is 18.4. The number of carbonyl (C=O) groups excluding carboxylic acids is 1. The number of hydrogen-bond acceptors (Lipinski definition) is 4. The van der Waals surface area contributed by atoms with E-state index in [0.717, 1.165) is 43.7 Å². The van der Waals surface area contributed by atoms with E-state index in [-0.39, 0.29) is 48.6 Å². The van der Waals surface area contributed by atoms with Crippen molar-refractivity contribution in [1.82, 2.24) is 29.8 Å². The van der Waals surface area contributed by atoms with Crippen LogP contribution in [0.25, 0.3) is 0 Å². The van der Waals surface area contributed by atoms with Crippen LogP contribution in [0.3, 0.4) is 0 Å². The second-order valence-electron chi connectivity index (χ2n) is 7.72. The lowest BCUT2D eigenvalue weighted by atomic mass is 9.89. The van der Waals surface area contributed by atoms with Gasteiger partial charge in [-0.3, -0.25) is 14.2 Å². The molecule has 3 atom stereocenters. The zero-order valence-electron chi connectivity index (χ0n) is 16.9. The Kier molecular flexibility index (Phi) is 7.17. The van der Waals surface area contributed by atoms with Crippen molar-refractivity contribution in [1.29, 1.82) is 0 Å². The second kappa shape index (κ2) is 8.84. The van der Waals surface area contributed by atoms with Crippen LogP contribution < -0.4 is 5.32 Å². The smallest absolute Gasteiger partial charge is 0.228 e. The lowest BCUT2D eigenvalue weighted by molar-refractivity contribution is -0.136. The molecule has 2 aliphatic heterocycles. The average Bonchev–Trinajstić information content (AvgIpc) is 3.36. The number of halogens is 2. The van der Waals surface area contributed by atoms with E-state index in [1.807, 2.05) is 35.9 Å². The lowest BCUT2D eigenvalue weighted by Crippen LogP contribution is -2.38. The number of carbonyl (C=O) groups is 1. The molecule has 2 saturated heterocycles. The largest absolute Gasteiger partial charge is 0.335 e. The Labute approximate surface area is 178 Å². The molecular formula is C19H30Cl2N6O. The van der Waals surface area contributed by atoms with E-state index in [1.54, 1.807) is 0 Å². The molecule has 4 heterocycles. The van der Waals surface area contributed by atoms with Gasteiger partial charge in [0, 0.05) is 57.1 Å². The van der Waals surface area contributed by atoms with Crippen molar-refractivity contribution in [2.45, 2.75) is 38.6 Å². The van der Waals surface area contributed by atoms with E-state index in [4.69, 9.17) is 0 Å². The quantitative estimate of drug-likeness (QED) is 0.813. The Morgan fingerprint density at radius 3 is 2.57 bits per heavy atom. The molecule has 1 N–H and O–H groups in total. The van der Waals surface area contributed by atoms with Crippen LogP contribution >= 0.6 is 24.8 Å². The van der Waals surface area contributed by atoms with Crippen molar-refractivity contribution >= 4 is 30.7 Å². The summed E-state index contributed by atoms with van der Waals surface area (Å²) in [6.07, 6.45) is 6.02. The maximum atomic E-state index is 13.5. The first-order valence-corrected chi connectivity index (χ1v) is 9.47. The van der Waals surface area contributed by atoms with Crippen LogP contribution in [0.15, 0.2) is 12.4 Å². The van der Waals surface area contributed by atoms with Gasteiger partial charge in [0.1, 0.15) is 0 Å². The third-order valence-electron chi connectivity index (χ3n) is 6.12. The molecule has 0 bridgehead atoms. The molecule has 156 valence electrons. The number of nitrogens with one attached hydrogen (secondary N) is 1. The van der Waals surface area contributed by atoms with E-state index in [9.17, 15) is 4.79 Å².